The predicted octanol–water partition coefficient (Wildman–Crippen LogP) is 8.13. The molecule has 0 amide bonds. The molecular formula is C32H25NO2. The summed E-state index contributed by atoms with van der Waals surface area (Å²) in [6, 6.07) is 40.1. The van der Waals surface area contributed by atoms with Crippen LogP contribution in [-0.2, 0) is 0 Å². The van der Waals surface area contributed by atoms with Gasteiger partial charge in [0.1, 0.15) is 11.5 Å². The van der Waals surface area contributed by atoms with Gasteiger partial charge >= 0.3 is 0 Å². The highest BCUT2D eigenvalue weighted by Crippen LogP contribution is 2.43. The fraction of sp³-hybridized carbons (Fsp3) is 0.0625. The van der Waals surface area contributed by atoms with Crippen molar-refractivity contribution in [1.29, 1.82) is 0 Å². The first-order chi connectivity index (χ1) is 17.3. The minimum atomic E-state index is 0.849. The van der Waals surface area contributed by atoms with Crippen molar-refractivity contribution in [2.24, 2.45) is 0 Å². The third-order valence-electron chi connectivity index (χ3n) is 6.59. The van der Waals surface area contributed by atoms with Crippen molar-refractivity contribution >= 4 is 21.8 Å². The number of nitrogens with zero attached hydrogens (tertiary/aromatic N) is 1. The summed E-state index contributed by atoms with van der Waals surface area (Å²) in [5, 5.41) is 2.25. The molecule has 1 aromatic heterocycles. The molecule has 6 rings (SSSR count). The summed E-state index contributed by atoms with van der Waals surface area (Å²) in [7, 11) is 3.47. The third kappa shape index (κ3) is 3.53. The first-order valence-corrected chi connectivity index (χ1v) is 11.7. The average Bonchev–Trinajstić information content (AvgIpc) is 3.25. The van der Waals surface area contributed by atoms with Crippen molar-refractivity contribution in [3.63, 3.8) is 0 Å². The Morgan fingerprint density at radius 1 is 0.486 bits per heavy atom. The van der Waals surface area contributed by atoms with E-state index in [9.17, 15) is 0 Å². The summed E-state index contributed by atoms with van der Waals surface area (Å²) in [4.78, 5) is 0. The van der Waals surface area contributed by atoms with Crippen LogP contribution in [0.4, 0.5) is 0 Å². The first-order valence-electron chi connectivity index (χ1n) is 11.7. The third-order valence-corrected chi connectivity index (χ3v) is 6.59. The zero-order valence-electron chi connectivity index (χ0n) is 19.7. The molecule has 0 atom stereocenters. The molecule has 0 saturated heterocycles. The van der Waals surface area contributed by atoms with Crippen LogP contribution in [0.25, 0.3) is 49.7 Å². The van der Waals surface area contributed by atoms with Crippen molar-refractivity contribution in [3.8, 4) is 39.4 Å². The van der Waals surface area contributed by atoms with Gasteiger partial charge in [-0.25, -0.2) is 0 Å². The van der Waals surface area contributed by atoms with E-state index in [4.69, 9.17) is 9.47 Å². The van der Waals surface area contributed by atoms with Crippen LogP contribution in [0.1, 0.15) is 0 Å². The minimum Gasteiger partial charge on any atom is -0.496 e. The predicted molar refractivity (Wildman–Crippen MR) is 145 cm³/mol. The largest absolute Gasteiger partial charge is 0.496 e. The Morgan fingerprint density at radius 3 is 1.29 bits per heavy atom. The number of ether oxygens (including phenoxy) is 2. The van der Waals surface area contributed by atoms with E-state index in [1.807, 2.05) is 18.2 Å². The maximum absolute atomic E-state index is 5.88. The molecule has 0 radical (unpaired) electrons. The second-order valence-electron chi connectivity index (χ2n) is 8.54. The Kier molecular flexibility index (Phi) is 5.23. The first kappa shape index (κ1) is 21.1. The monoisotopic (exact) mass is 455 g/mol. The van der Waals surface area contributed by atoms with Gasteiger partial charge in [-0.15, -0.1) is 0 Å². The summed E-state index contributed by atoms with van der Waals surface area (Å²) < 4.78 is 14.1. The molecule has 1 heterocycles. The number of rotatable bonds is 5. The Hall–Kier alpha value is -4.50. The molecule has 3 nitrogen and oxygen atoms in total. The number of benzene rings is 5. The van der Waals surface area contributed by atoms with Crippen LogP contribution in [0.5, 0.6) is 11.5 Å². The molecular weight excluding hydrogens is 430 g/mol. The topological polar surface area (TPSA) is 23.4 Å². The minimum absolute atomic E-state index is 0.849. The second kappa shape index (κ2) is 8.69. The molecule has 0 aliphatic heterocycles. The van der Waals surface area contributed by atoms with E-state index < -0.39 is 0 Å². The molecule has 0 saturated carbocycles. The normalized spacial score (nSPS) is 11.1. The highest BCUT2D eigenvalue weighted by Gasteiger charge is 2.19. The van der Waals surface area contributed by atoms with Crippen molar-refractivity contribution in [1.82, 2.24) is 4.57 Å². The molecule has 3 heteroatoms. The van der Waals surface area contributed by atoms with E-state index in [0.717, 1.165) is 61.2 Å². The summed E-state index contributed by atoms with van der Waals surface area (Å²) in [6.45, 7) is 0. The van der Waals surface area contributed by atoms with Gasteiger partial charge in [0.15, 0.2) is 0 Å². The fourth-order valence-electron chi connectivity index (χ4n) is 4.95. The lowest BCUT2D eigenvalue weighted by atomic mass is 10.00. The SMILES string of the molecule is COc1cc2c3cc(OC)c(-c4ccccc4)cc3n(-c3ccccc3)c2cc1-c1ccccc1. The van der Waals surface area contributed by atoms with E-state index in [1.54, 1.807) is 14.2 Å². The Balaban J connectivity index is 1.75. The summed E-state index contributed by atoms with van der Waals surface area (Å²) in [5.74, 6) is 1.70. The Labute approximate surface area is 204 Å². The lowest BCUT2D eigenvalue weighted by Crippen LogP contribution is -1.95. The maximum atomic E-state index is 5.88. The zero-order chi connectivity index (χ0) is 23.8. The van der Waals surface area contributed by atoms with Crippen LogP contribution in [0.15, 0.2) is 115 Å². The Morgan fingerprint density at radius 2 is 0.886 bits per heavy atom. The number of methoxy groups -OCH3 is 2. The molecule has 0 bridgehead atoms. The molecule has 170 valence electrons. The van der Waals surface area contributed by atoms with E-state index in [1.165, 1.54) is 0 Å². The van der Waals surface area contributed by atoms with Crippen molar-refractivity contribution in [2.45, 2.75) is 0 Å². The van der Waals surface area contributed by atoms with Gasteiger partial charge in [-0.2, -0.15) is 0 Å². The number of para-hydroxylation sites is 1. The van der Waals surface area contributed by atoms with Gasteiger partial charge in [-0.05, 0) is 47.5 Å². The molecule has 6 aromatic rings. The summed E-state index contributed by atoms with van der Waals surface area (Å²) in [5.41, 5.74) is 7.74. The Bertz CT molecular complexity index is 1530. The maximum Gasteiger partial charge on any atom is 0.127 e. The molecule has 0 aliphatic carbocycles. The standard InChI is InChI=1S/C32H25NO2/c1-34-31-20-27-28-21-32(35-2)26(23-14-8-4-9-15-23)19-30(28)33(24-16-10-5-11-17-24)29(27)18-25(31)22-12-6-3-7-13-22/h3-21H,1-2H3. The molecule has 0 spiro atoms. The number of aromatic nitrogens is 1. The van der Waals surface area contributed by atoms with E-state index >= 15 is 0 Å². The fourth-order valence-corrected chi connectivity index (χ4v) is 4.95. The van der Waals surface area contributed by atoms with Crippen LogP contribution >= 0.6 is 0 Å². The number of hydrogen-bond acceptors (Lipinski definition) is 2. The number of fused-ring (bicyclic) bond motifs is 3. The van der Waals surface area contributed by atoms with E-state index in [0.29, 0.717) is 0 Å². The summed E-state index contributed by atoms with van der Waals surface area (Å²) in [6.07, 6.45) is 0. The van der Waals surface area contributed by atoms with Crippen LogP contribution in [0.3, 0.4) is 0 Å². The second-order valence-corrected chi connectivity index (χ2v) is 8.54. The zero-order valence-corrected chi connectivity index (χ0v) is 19.7. The molecule has 0 unspecified atom stereocenters. The smallest absolute Gasteiger partial charge is 0.127 e. The highest BCUT2D eigenvalue weighted by molar-refractivity contribution is 6.12. The highest BCUT2D eigenvalue weighted by atomic mass is 16.5. The molecule has 0 N–H and O–H groups in total. The number of hydrogen-bond donors (Lipinski definition) is 0. The van der Waals surface area contributed by atoms with E-state index in [-0.39, 0.29) is 0 Å². The van der Waals surface area contributed by atoms with Crippen molar-refractivity contribution in [3.05, 3.63) is 115 Å². The molecule has 35 heavy (non-hydrogen) atoms. The van der Waals surface area contributed by atoms with Crippen molar-refractivity contribution < 1.29 is 9.47 Å². The van der Waals surface area contributed by atoms with Gasteiger partial charge in [0.25, 0.3) is 0 Å². The average molecular weight is 456 g/mol. The van der Waals surface area contributed by atoms with Gasteiger partial charge in [0.05, 0.1) is 25.3 Å². The molecule has 5 aromatic carbocycles. The lowest BCUT2D eigenvalue weighted by molar-refractivity contribution is 0.416. The van der Waals surface area contributed by atoms with Gasteiger partial charge in [-0.1, -0.05) is 78.9 Å². The van der Waals surface area contributed by atoms with Crippen LogP contribution in [0, 0.1) is 0 Å². The van der Waals surface area contributed by atoms with Gasteiger partial charge in [-0.3, -0.25) is 0 Å². The molecule has 0 aliphatic rings. The van der Waals surface area contributed by atoms with E-state index in [2.05, 4.69) is 102 Å². The van der Waals surface area contributed by atoms with Gasteiger partial charge in [0.2, 0.25) is 0 Å². The van der Waals surface area contributed by atoms with Crippen LogP contribution in [0.2, 0.25) is 0 Å². The quantitative estimate of drug-likeness (QED) is 0.262. The van der Waals surface area contributed by atoms with Crippen LogP contribution in [-0.4, -0.2) is 18.8 Å². The lowest BCUT2D eigenvalue weighted by Gasteiger charge is -2.13. The van der Waals surface area contributed by atoms with Gasteiger partial charge in [0, 0.05) is 27.6 Å². The summed E-state index contributed by atoms with van der Waals surface area (Å²) >= 11 is 0. The van der Waals surface area contributed by atoms with Crippen LogP contribution < -0.4 is 9.47 Å². The van der Waals surface area contributed by atoms with Gasteiger partial charge < -0.3 is 14.0 Å². The molecule has 0 fully saturated rings. The van der Waals surface area contributed by atoms with Crippen molar-refractivity contribution in [2.75, 3.05) is 14.2 Å².